The second-order valence-electron chi connectivity index (χ2n) is 5.25. The van der Waals surface area contributed by atoms with E-state index in [1.807, 2.05) is 30.9 Å². The smallest absolute Gasteiger partial charge is 0.104 e. The standard InChI is InChI=1S/C13H20N4/c1-11-8-15-17(9-11)7-3-6-13(2,10-14)16-12-4-5-12/h8-9,12,16H,3-7H2,1-2H3. The molecule has 1 unspecified atom stereocenters. The van der Waals surface area contributed by atoms with Crippen molar-refractivity contribution in [3.63, 3.8) is 0 Å². The Balaban J connectivity index is 1.77. The van der Waals surface area contributed by atoms with Gasteiger partial charge in [-0.05, 0) is 45.1 Å². The van der Waals surface area contributed by atoms with Gasteiger partial charge < -0.3 is 0 Å². The van der Waals surface area contributed by atoms with Gasteiger partial charge in [0.15, 0.2) is 0 Å². The summed E-state index contributed by atoms with van der Waals surface area (Å²) in [4.78, 5) is 0. The molecular weight excluding hydrogens is 212 g/mol. The van der Waals surface area contributed by atoms with Crippen LogP contribution in [0.5, 0.6) is 0 Å². The van der Waals surface area contributed by atoms with E-state index in [1.165, 1.54) is 18.4 Å². The van der Waals surface area contributed by atoms with Crippen molar-refractivity contribution in [1.82, 2.24) is 15.1 Å². The Morgan fingerprint density at radius 1 is 1.65 bits per heavy atom. The van der Waals surface area contributed by atoms with Crippen LogP contribution in [0.2, 0.25) is 0 Å². The Kier molecular flexibility index (Phi) is 3.49. The maximum Gasteiger partial charge on any atom is 0.104 e. The fourth-order valence-corrected chi connectivity index (χ4v) is 2.02. The SMILES string of the molecule is Cc1cnn(CCCC(C)(C#N)NC2CC2)c1. The second-order valence-corrected chi connectivity index (χ2v) is 5.25. The molecule has 1 aromatic rings. The maximum absolute atomic E-state index is 9.23. The van der Waals surface area contributed by atoms with Crippen LogP contribution in [0.15, 0.2) is 12.4 Å². The molecule has 1 heterocycles. The third-order valence-electron chi connectivity index (χ3n) is 3.17. The molecule has 2 rings (SSSR count). The van der Waals surface area contributed by atoms with Crippen LogP contribution in [0, 0.1) is 18.3 Å². The highest BCUT2D eigenvalue weighted by Gasteiger charge is 2.31. The summed E-state index contributed by atoms with van der Waals surface area (Å²) in [5.74, 6) is 0. The van der Waals surface area contributed by atoms with Gasteiger partial charge in [-0.25, -0.2) is 0 Å². The molecule has 1 saturated carbocycles. The highest BCUT2D eigenvalue weighted by Crippen LogP contribution is 2.24. The fourth-order valence-electron chi connectivity index (χ4n) is 2.02. The van der Waals surface area contributed by atoms with Crippen LogP contribution in [0.25, 0.3) is 0 Å². The van der Waals surface area contributed by atoms with E-state index in [4.69, 9.17) is 0 Å². The summed E-state index contributed by atoms with van der Waals surface area (Å²) in [5, 5.41) is 16.9. The minimum atomic E-state index is -0.372. The molecule has 0 spiro atoms. The lowest BCUT2D eigenvalue weighted by Gasteiger charge is -2.23. The first kappa shape index (κ1) is 12.1. The molecule has 0 radical (unpaired) electrons. The van der Waals surface area contributed by atoms with Crippen molar-refractivity contribution in [2.75, 3.05) is 0 Å². The average Bonchev–Trinajstić information content (AvgIpc) is 3.00. The summed E-state index contributed by atoms with van der Waals surface area (Å²) in [6.07, 6.45) is 8.19. The molecule has 92 valence electrons. The van der Waals surface area contributed by atoms with Crippen LogP contribution in [0.3, 0.4) is 0 Å². The van der Waals surface area contributed by atoms with E-state index in [0.29, 0.717) is 6.04 Å². The molecular formula is C13H20N4. The summed E-state index contributed by atoms with van der Waals surface area (Å²) >= 11 is 0. The topological polar surface area (TPSA) is 53.6 Å². The first-order chi connectivity index (χ1) is 8.11. The number of hydrogen-bond donors (Lipinski definition) is 1. The van der Waals surface area contributed by atoms with Crippen LogP contribution in [-0.4, -0.2) is 21.4 Å². The van der Waals surface area contributed by atoms with Crippen molar-refractivity contribution < 1.29 is 0 Å². The van der Waals surface area contributed by atoms with Crippen molar-refractivity contribution in [3.8, 4) is 6.07 Å². The molecule has 0 bridgehead atoms. The van der Waals surface area contributed by atoms with Gasteiger partial charge in [-0.15, -0.1) is 0 Å². The number of nitrogens with zero attached hydrogens (tertiary/aromatic N) is 3. The Hall–Kier alpha value is -1.34. The van der Waals surface area contributed by atoms with Gasteiger partial charge in [-0.2, -0.15) is 10.4 Å². The van der Waals surface area contributed by atoms with Gasteiger partial charge in [-0.1, -0.05) is 0 Å². The zero-order valence-corrected chi connectivity index (χ0v) is 10.6. The molecule has 1 aliphatic rings. The van der Waals surface area contributed by atoms with Gasteiger partial charge >= 0.3 is 0 Å². The molecule has 0 amide bonds. The highest BCUT2D eigenvalue weighted by atomic mass is 15.3. The predicted octanol–water partition coefficient (Wildman–Crippen LogP) is 2.01. The Morgan fingerprint density at radius 3 is 2.94 bits per heavy atom. The lowest BCUT2D eigenvalue weighted by Crippen LogP contribution is -2.42. The summed E-state index contributed by atoms with van der Waals surface area (Å²) in [7, 11) is 0. The average molecular weight is 232 g/mol. The molecule has 1 aliphatic carbocycles. The van der Waals surface area contributed by atoms with Crippen LogP contribution < -0.4 is 5.32 Å². The van der Waals surface area contributed by atoms with Gasteiger partial charge in [0.2, 0.25) is 0 Å². The van der Waals surface area contributed by atoms with Crippen molar-refractivity contribution in [1.29, 1.82) is 5.26 Å². The minimum absolute atomic E-state index is 0.372. The second kappa shape index (κ2) is 4.89. The zero-order chi connectivity index (χ0) is 12.3. The summed E-state index contributed by atoms with van der Waals surface area (Å²) in [5.41, 5.74) is 0.813. The maximum atomic E-state index is 9.23. The van der Waals surface area contributed by atoms with Crippen molar-refractivity contribution in [2.45, 2.75) is 57.7 Å². The van der Waals surface area contributed by atoms with E-state index >= 15 is 0 Å². The zero-order valence-electron chi connectivity index (χ0n) is 10.6. The monoisotopic (exact) mass is 232 g/mol. The number of hydrogen-bond acceptors (Lipinski definition) is 3. The van der Waals surface area contributed by atoms with Crippen LogP contribution in [-0.2, 0) is 6.54 Å². The lowest BCUT2D eigenvalue weighted by atomic mass is 9.97. The number of nitriles is 1. The summed E-state index contributed by atoms with van der Waals surface area (Å²) < 4.78 is 1.95. The Labute approximate surface area is 103 Å². The third-order valence-corrected chi connectivity index (χ3v) is 3.17. The molecule has 0 aromatic carbocycles. The third kappa shape index (κ3) is 3.57. The predicted molar refractivity (Wildman–Crippen MR) is 66.4 cm³/mol. The highest BCUT2D eigenvalue weighted by molar-refractivity contribution is 5.07. The Bertz CT molecular complexity index is 413. The van der Waals surface area contributed by atoms with E-state index in [-0.39, 0.29) is 5.54 Å². The van der Waals surface area contributed by atoms with E-state index < -0.39 is 0 Å². The van der Waals surface area contributed by atoms with Gasteiger partial charge in [0.1, 0.15) is 5.54 Å². The lowest BCUT2D eigenvalue weighted by molar-refractivity contribution is 0.386. The van der Waals surface area contributed by atoms with E-state index in [1.54, 1.807) is 0 Å². The molecule has 1 aromatic heterocycles. The van der Waals surface area contributed by atoms with Crippen molar-refractivity contribution in [3.05, 3.63) is 18.0 Å². The van der Waals surface area contributed by atoms with E-state index in [9.17, 15) is 5.26 Å². The number of aromatic nitrogens is 2. The number of nitrogens with one attached hydrogen (secondary N) is 1. The molecule has 1 fully saturated rings. The van der Waals surface area contributed by atoms with Crippen molar-refractivity contribution in [2.24, 2.45) is 0 Å². The number of rotatable bonds is 6. The van der Waals surface area contributed by atoms with Gasteiger partial charge in [0, 0.05) is 18.8 Å². The van der Waals surface area contributed by atoms with E-state index in [0.717, 1.165) is 19.4 Å². The first-order valence-corrected chi connectivity index (χ1v) is 6.29. The van der Waals surface area contributed by atoms with Crippen LogP contribution in [0.1, 0.15) is 38.2 Å². The van der Waals surface area contributed by atoms with Gasteiger partial charge in [0.25, 0.3) is 0 Å². The van der Waals surface area contributed by atoms with Crippen molar-refractivity contribution >= 4 is 0 Å². The first-order valence-electron chi connectivity index (χ1n) is 6.29. The molecule has 1 atom stereocenters. The fraction of sp³-hybridized carbons (Fsp3) is 0.692. The van der Waals surface area contributed by atoms with Gasteiger partial charge in [0.05, 0.1) is 12.3 Å². The van der Waals surface area contributed by atoms with E-state index in [2.05, 4.69) is 16.5 Å². The van der Waals surface area contributed by atoms with Gasteiger partial charge in [-0.3, -0.25) is 10.00 Å². The molecule has 4 heteroatoms. The van der Waals surface area contributed by atoms with Crippen LogP contribution >= 0.6 is 0 Å². The number of aryl methyl sites for hydroxylation is 2. The molecule has 0 aliphatic heterocycles. The quantitative estimate of drug-likeness (QED) is 0.816. The van der Waals surface area contributed by atoms with Crippen LogP contribution in [0.4, 0.5) is 0 Å². The molecule has 17 heavy (non-hydrogen) atoms. The summed E-state index contributed by atoms with van der Waals surface area (Å²) in [6, 6.07) is 2.98. The largest absolute Gasteiger partial charge is 0.297 e. The molecule has 1 N–H and O–H groups in total. The normalized spacial score (nSPS) is 18.6. The minimum Gasteiger partial charge on any atom is -0.297 e. The molecule has 4 nitrogen and oxygen atoms in total. The molecule has 0 saturated heterocycles. The Morgan fingerprint density at radius 2 is 2.41 bits per heavy atom. The summed E-state index contributed by atoms with van der Waals surface area (Å²) in [6.45, 7) is 4.93.